The number of methoxy groups -OCH3 is 1. The minimum atomic E-state index is -0.302. The lowest BCUT2D eigenvalue weighted by atomic mass is 10.1. The molecule has 33 heavy (non-hydrogen) atoms. The van der Waals surface area contributed by atoms with E-state index in [2.05, 4.69) is 15.5 Å². The largest absolute Gasteiger partial charge is 0.497 e. The molecule has 0 bridgehead atoms. The number of nitrogens with one attached hydrogen (secondary N) is 1. The molecule has 0 fully saturated rings. The van der Waals surface area contributed by atoms with Gasteiger partial charge in [-0.1, -0.05) is 54.2 Å². The molecule has 0 saturated heterocycles. The monoisotopic (exact) mass is 458 g/mol. The van der Waals surface area contributed by atoms with E-state index in [0.717, 1.165) is 5.56 Å². The molecular weight excluding hydrogens is 436 g/mol. The molecule has 4 aromatic rings. The molecule has 1 aromatic heterocycles. The van der Waals surface area contributed by atoms with Crippen LogP contribution in [0.3, 0.4) is 0 Å². The van der Waals surface area contributed by atoms with Crippen LogP contribution in [-0.4, -0.2) is 34.0 Å². The summed E-state index contributed by atoms with van der Waals surface area (Å²) >= 11 is 1.18. The van der Waals surface area contributed by atoms with Crippen molar-refractivity contribution in [3.8, 4) is 11.4 Å². The molecular formula is C25H22N4O3S. The highest BCUT2D eigenvalue weighted by molar-refractivity contribution is 7.99. The summed E-state index contributed by atoms with van der Waals surface area (Å²) in [5, 5.41) is 5.15. The van der Waals surface area contributed by atoms with Gasteiger partial charge in [0.05, 0.1) is 35.2 Å². The zero-order chi connectivity index (χ0) is 23.2. The summed E-state index contributed by atoms with van der Waals surface area (Å²) in [4.78, 5) is 30.3. The fourth-order valence-electron chi connectivity index (χ4n) is 3.24. The van der Waals surface area contributed by atoms with Crippen molar-refractivity contribution in [2.75, 3.05) is 12.9 Å². The predicted octanol–water partition coefficient (Wildman–Crippen LogP) is 4.03. The van der Waals surface area contributed by atoms with Crippen LogP contribution in [-0.2, 0) is 4.79 Å². The maximum Gasteiger partial charge on any atom is 0.266 e. The molecule has 0 atom stereocenters. The van der Waals surface area contributed by atoms with Gasteiger partial charge in [-0.05, 0) is 43.3 Å². The van der Waals surface area contributed by atoms with Crippen LogP contribution >= 0.6 is 11.8 Å². The van der Waals surface area contributed by atoms with E-state index in [4.69, 9.17) is 4.74 Å². The van der Waals surface area contributed by atoms with Gasteiger partial charge in [0.15, 0.2) is 5.16 Å². The van der Waals surface area contributed by atoms with Gasteiger partial charge in [0.1, 0.15) is 5.75 Å². The topological polar surface area (TPSA) is 85.6 Å². The minimum Gasteiger partial charge on any atom is -0.497 e. The minimum absolute atomic E-state index is 0.0481. The first-order valence-corrected chi connectivity index (χ1v) is 11.2. The standard InChI is InChI=1S/C25H22N4O3S/c1-17(18-9-8-12-20(15-18)32-2)27-28-23(30)16-33-25-26-22-14-7-6-13-21(22)24(31)29(25)19-10-4-3-5-11-19/h3-15H,16H2,1-2H3,(H,28,30)/b27-17+. The van der Waals surface area contributed by atoms with Gasteiger partial charge in [-0.25, -0.2) is 10.4 Å². The van der Waals surface area contributed by atoms with E-state index < -0.39 is 0 Å². The van der Waals surface area contributed by atoms with Crippen LogP contribution in [0.2, 0.25) is 0 Å². The lowest BCUT2D eigenvalue weighted by Crippen LogP contribution is -2.24. The van der Waals surface area contributed by atoms with Crippen molar-refractivity contribution in [2.45, 2.75) is 12.1 Å². The summed E-state index contributed by atoms with van der Waals surface area (Å²) in [6, 6.07) is 23.9. The number of carbonyl (C=O) groups excluding carboxylic acids is 1. The van der Waals surface area contributed by atoms with Crippen LogP contribution in [0, 0.1) is 0 Å². The van der Waals surface area contributed by atoms with Crippen molar-refractivity contribution in [1.82, 2.24) is 15.0 Å². The Labute approximate surface area is 195 Å². The molecule has 4 rings (SSSR count). The summed E-state index contributed by atoms with van der Waals surface area (Å²) in [5.41, 5.74) is 5.16. The Kier molecular flexibility index (Phi) is 6.85. The molecule has 0 spiro atoms. The van der Waals surface area contributed by atoms with E-state index in [1.54, 1.807) is 26.2 Å². The lowest BCUT2D eigenvalue weighted by molar-refractivity contribution is -0.118. The maximum atomic E-state index is 13.2. The second-order valence-corrected chi connectivity index (χ2v) is 8.08. The lowest BCUT2D eigenvalue weighted by Gasteiger charge is -2.13. The average molecular weight is 459 g/mol. The average Bonchev–Trinajstić information content (AvgIpc) is 2.86. The van der Waals surface area contributed by atoms with Crippen LogP contribution in [0.1, 0.15) is 12.5 Å². The van der Waals surface area contributed by atoms with Crippen molar-refractivity contribution in [1.29, 1.82) is 0 Å². The molecule has 1 amide bonds. The first-order valence-electron chi connectivity index (χ1n) is 10.2. The van der Waals surface area contributed by atoms with Crippen molar-refractivity contribution in [3.63, 3.8) is 0 Å². The zero-order valence-electron chi connectivity index (χ0n) is 18.2. The van der Waals surface area contributed by atoms with E-state index in [0.29, 0.717) is 33.2 Å². The van der Waals surface area contributed by atoms with Gasteiger partial charge in [-0.3, -0.25) is 14.2 Å². The number of aromatic nitrogens is 2. The van der Waals surface area contributed by atoms with Crippen LogP contribution in [0.25, 0.3) is 16.6 Å². The summed E-state index contributed by atoms with van der Waals surface area (Å²) in [7, 11) is 1.60. The van der Waals surface area contributed by atoms with E-state index >= 15 is 0 Å². The summed E-state index contributed by atoms with van der Waals surface area (Å²) < 4.78 is 6.76. The Morgan fingerprint density at radius 2 is 1.82 bits per heavy atom. The van der Waals surface area contributed by atoms with Gasteiger partial charge in [0, 0.05) is 5.56 Å². The van der Waals surface area contributed by atoms with Crippen molar-refractivity contribution >= 4 is 34.3 Å². The Hall–Kier alpha value is -3.91. The second-order valence-electron chi connectivity index (χ2n) is 7.14. The fourth-order valence-corrected chi connectivity index (χ4v) is 4.04. The number of benzene rings is 3. The van der Waals surface area contributed by atoms with E-state index in [9.17, 15) is 9.59 Å². The number of hydrogen-bond acceptors (Lipinski definition) is 6. The number of amides is 1. The predicted molar refractivity (Wildman–Crippen MR) is 131 cm³/mol. The van der Waals surface area contributed by atoms with E-state index in [-0.39, 0.29) is 17.2 Å². The molecule has 166 valence electrons. The third kappa shape index (κ3) is 5.12. The second kappa shape index (κ2) is 10.1. The molecule has 3 aromatic carbocycles. The number of ether oxygens (including phenoxy) is 1. The van der Waals surface area contributed by atoms with E-state index in [1.165, 1.54) is 16.3 Å². The van der Waals surface area contributed by atoms with Gasteiger partial charge in [0.2, 0.25) is 0 Å². The first-order chi connectivity index (χ1) is 16.1. The van der Waals surface area contributed by atoms with Crippen LogP contribution in [0.5, 0.6) is 5.75 Å². The molecule has 0 saturated carbocycles. The summed E-state index contributed by atoms with van der Waals surface area (Å²) in [6.45, 7) is 1.81. The fraction of sp³-hybridized carbons (Fsp3) is 0.120. The number of rotatable bonds is 7. The quantitative estimate of drug-likeness (QED) is 0.196. The molecule has 8 heteroatoms. The highest BCUT2D eigenvalue weighted by Crippen LogP contribution is 2.21. The first kappa shape index (κ1) is 22.3. The van der Waals surface area contributed by atoms with Gasteiger partial charge in [-0.2, -0.15) is 5.10 Å². The Morgan fingerprint density at radius 3 is 2.61 bits per heavy atom. The molecule has 0 aliphatic carbocycles. The van der Waals surface area contributed by atoms with Gasteiger partial charge >= 0.3 is 0 Å². The van der Waals surface area contributed by atoms with Gasteiger partial charge in [0.25, 0.3) is 11.5 Å². The molecule has 0 radical (unpaired) electrons. The van der Waals surface area contributed by atoms with Crippen molar-refractivity contribution in [2.24, 2.45) is 5.10 Å². The van der Waals surface area contributed by atoms with Gasteiger partial charge < -0.3 is 4.74 Å². The van der Waals surface area contributed by atoms with Crippen molar-refractivity contribution < 1.29 is 9.53 Å². The Balaban J connectivity index is 1.55. The van der Waals surface area contributed by atoms with Crippen LogP contribution in [0.15, 0.2) is 93.9 Å². The number of carbonyl (C=O) groups is 1. The van der Waals surface area contributed by atoms with Gasteiger partial charge in [-0.15, -0.1) is 0 Å². The number of hydrogen-bond donors (Lipinski definition) is 1. The normalized spacial score (nSPS) is 11.4. The number of thioether (sulfide) groups is 1. The van der Waals surface area contributed by atoms with Crippen LogP contribution < -0.4 is 15.7 Å². The smallest absolute Gasteiger partial charge is 0.266 e. The van der Waals surface area contributed by atoms with Crippen LogP contribution in [0.4, 0.5) is 0 Å². The molecule has 0 unspecified atom stereocenters. The SMILES string of the molecule is COc1cccc(/C(C)=N/NC(=O)CSc2nc3ccccc3c(=O)n2-c2ccccc2)c1. The number of fused-ring (bicyclic) bond motifs is 1. The molecule has 0 aliphatic rings. The Bertz CT molecular complexity index is 1380. The zero-order valence-corrected chi connectivity index (χ0v) is 19.0. The maximum absolute atomic E-state index is 13.2. The van der Waals surface area contributed by atoms with Crippen molar-refractivity contribution in [3.05, 3.63) is 94.8 Å². The molecule has 0 aliphatic heterocycles. The summed E-state index contributed by atoms with van der Waals surface area (Å²) in [5.74, 6) is 0.460. The summed E-state index contributed by atoms with van der Waals surface area (Å²) in [6.07, 6.45) is 0. The highest BCUT2D eigenvalue weighted by atomic mass is 32.2. The third-order valence-electron chi connectivity index (χ3n) is 4.93. The van der Waals surface area contributed by atoms with E-state index in [1.807, 2.05) is 66.7 Å². The third-order valence-corrected chi connectivity index (χ3v) is 5.87. The highest BCUT2D eigenvalue weighted by Gasteiger charge is 2.14. The molecule has 1 N–H and O–H groups in total. The number of hydrazone groups is 1. The number of para-hydroxylation sites is 2. The molecule has 7 nitrogen and oxygen atoms in total. The number of nitrogens with zero attached hydrogens (tertiary/aromatic N) is 3. The molecule has 1 heterocycles. The Morgan fingerprint density at radius 1 is 1.06 bits per heavy atom.